The molecule has 0 spiro atoms. The molecule has 208 valence electrons. The Morgan fingerprint density at radius 2 is 1.85 bits per heavy atom. The number of phenolic OH excluding ortho intramolecular Hbond substituents is 1. The Hall–Kier alpha value is -4.47. The maximum atomic E-state index is 14.0. The van der Waals surface area contributed by atoms with E-state index in [1.807, 2.05) is 18.2 Å². The van der Waals surface area contributed by atoms with Crippen LogP contribution in [0.4, 0.5) is 4.39 Å². The fourth-order valence-corrected chi connectivity index (χ4v) is 5.24. The monoisotopic (exact) mass is 545 g/mol. The number of benzene rings is 3. The molecule has 1 aliphatic rings. The average molecular weight is 546 g/mol. The summed E-state index contributed by atoms with van der Waals surface area (Å²) in [6.07, 6.45) is 4.91. The number of methoxy groups -OCH3 is 1. The van der Waals surface area contributed by atoms with E-state index in [1.54, 1.807) is 30.3 Å². The van der Waals surface area contributed by atoms with Crippen molar-refractivity contribution >= 4 is 22.8 Å². The van der Waals surface area contributed by atoms with E-state index < -0.39 is 11.9 Å². The number of nitrogens with one attached hydrogen (secondary N) is 1. The molecule has 5 rings (SSSR count). The first kappa shape index (κ1) is 27.1. The summed E-state index contributed by atoms with van der Waals surface area (Å²) >= 11 is 0. The van der Waals surface area contributed by atoms with Gasteiger partial charge >= 0.3 is 0 Å². The minimum Gasteiger partial charge on any atom is -0.504 e. The first-order chi connectivity index (χ1) is 19.4. The smallest absolute Gasteiger partial charge is 0.247 e. The molecule has 0 aliphatic heterocycles. The van der Waals surface area contributed by atoms with Crippen LogP contribution in [-0.4, -0.2) is 50.0 Å². The van der Waals surface area contributed by atoms with Crippen molar-refractivity contribution in [3.63, 3.8) is 0 Å². The summed E-state index contributed by atoms with van der Waals surface area (Å²) in [5.41, 5.74) is 2.40. The van der Waals surface area contributed by atoms with Gasteiger partial charge in [-0.05, 0) is 60.4 Å². The molecule has 1 saturated carbocycles. The second-order valence-corrected chi connectivity index (χ2v) is 10.1. The summed E-state index contributed by atoms with van der Waals surface area (Å²) in [5, 5.41) is 22.0. The van der Waals surface area contributed by atoms with Crippen molar-refractivity contribution in [2.24, 2.45) is 0 Å². The molecule has 1 aliphatic carbocycles. The molecule has 10 heteroatoms. The molecule has 1 aromatic heterocycles. The van der Waals surface area contributed by atoms with Crippen molar-refractivity contribution in [1.29, 1.82) is 0 Å². The normalized spacial score (nSPS) is 14.6. The Labute approximate surface area is 231 Å². The molecule has 0 bridgehead atoms. The van der Waals surface area contributed by atoms with Gasteiger partial charge in [0.2, 0.25) is 11.8 Å². The molecule has 9 nitrogen and oxygen atoms in total. The van der Waals surface area contributed by atoms with Gasteiger partial charge in [0.1, 0.15) is 23.9 Å². The van der Waals surface area contributed by atoms with E-state index >= 15 is 0 Å². The minimum atomic E-state index is -1.08. The van der Waals surface area contributed by atoms with Crippen LogP contribution >= 0.6 is 0 Å². The number of hydrogen-bond donors (Lipinski definition) is 2. The van der Waals surface area contributed by atoms with Gasteiger partial charge in [0.25, 0.3) is 0 Å². The van der Waals surface area contributed by atoms with Gasteiger partial charge in [0, 0.05) is 12.6 Å². The molecular formula is C30H32FN5O4. The number of carbonyl (C=O) groups is 2. The number of amides is 2. The number of hydrogen-bond acceptors (Lipinski definition) is 6. The lowest BCUT2D eigenvalue weighted by Gasteiger charge is -2.33. The number of halogens is 1. The van der Waals surface area contributed by atoms with Crippen molar-refractivity contribution in [3.05, 3.63) is 83.7 Å². The molecule has 2 N–H and O–H groups in total. The number of nitrogens with zero attached hydrogens (tertiary/aromatic N) is 4. The van der Waals surface area contributed by atoms with Crippen LogP contribution in [0.1, 0.15) is 49.3 Å². The van der Waals surface area contributed by atoms with E-state index in [1.165, 1.54) is 34.9 Å². The number of phenols is 1. The molecule has 1 fully saturated rings. The Kier molecular flexibility index (Phi) is 8.23. The Morgan fingerprint density at radius 3 is 2.58 bits per heavy atom. The molecule has 2 amide bonds. The molecule has 0 radical (unpaired) electrons. The van der Waals surface area contributed by atoms with Crippen molar-refractivity contribution in [1.82, 2.24) is 25.2 Å². The number of para-hydroxylation sites is 1. The third-order valence-electron chi connectivity index (χ3n) is 7.32. The molecule has 0 saturated heterocycles. The maximum absolute atomic E-state index is 14.0. The van der Waals surface area contributed by atoms with Crippen LogP contribution in [0.3, 0.4) is 0 Å². The maximum Gasteiger partial charge on any atom is 0.247 e. The zero-order chi connectivity index (χ0) is 28.1. The fourth-order valence-electron chi connectivity index (χ4n) is 5.24. The first-order valence-corrected chi connectivity index (χ1v) is 13.4. The minimum absolute atomic E-state index is 0.00220. The van der Waals surface area contributed by atoms with Gasteiger partial charge in [-0.25, -0.2) is 9.07 Å². The summed E-state index contributed by atoms with van der Waals surface area (Å²) in [6, 6.07) is 16.7. The second-order valence-electron chi connectivity index (χ2n) is 10.1. The molecule has 1 unspecified atom stereocenters. The van der Waals surface area contributed by atoms with Crippen LogP contribution in [0, 0.1) is 5.82 Å². The highest BCUT2D eigenvalue weighted by molar-refractivity contribution is 5.89. The van der Waals surface area contributed by atoms with Crippen LogP contribution in [0.5, 0.6) is 11.5 Å². The quantitative estimate of drug-likeness (QED) is 0.321. The van der Waals surface area contributed by atoms with Crippen LogP contribution < -0.4 is 10.1 Å². The molecule has 40 heavy (non-hydrogen) atoms. The van der Waals surface area contributed by atoms with Crippen LogP contribution in [0.15, 0.2) is 66.7 Å². The van der Waals surface area contributed by atoms with E-state index in [9.17, 15) is 19.1 Å². The number of aromatic nitrogens is 3. The largest absolute Gasteiger partial charge is 0.504 e. The van der Waals surface area contributed by atoms with Crippen molar-refractivity contribution in [2.45, 2.75) is 57.3 Å². The van der Waals surface area contributed by atoms with E-state index in [0.29, 0.717) is 22.2 Å². The topological polar surface area (TPSA) is 110 Å². The highest BCUT2D eigenvalue weighted by Gasteiger charge is 2.34. The van der Waals surface area contributed by atoms with Crippen molar-refractivity contribution in [3.8, 4) is 11.5 Å². The second kappa shape index (κ2) is 12.1. The van der Waals surface area contributed by atoms with E-state index in [4.69, 9.17) is 4.74 Å². The van der Waals surface area contributed by atoms with E-state index in [2.05, 4.69) is 15.6 Å². The number of ether oxygens (including phenoxy) is 1. The third-order valence-corrected chi connectivity index (χ3v) is 7.32. The molecule has 3 aromatic carbocycles. The van der Waals surface area contributed by atoms with Gasteiger partial charge in [-0.15, -0.1) is 5.10 Å². The standard InChI is InChI=1S/C30H32FN5O4/c1-40-27-16-13-21(17-26(27)37)29(30(39)32-23-7-3-2-4-8-23)35(18-20-11-14-22(31)15-12-20)28(38)19-36-25-10-6-5-9-24(25)33-34-36/h5-6,9-17,23,29,37H,2-4,7-8,18-19H2,1H3,(H,32,39). The molecule has 1 heterocycles. The summed E-state index contributed by atoms with van der Waals surface area (Å²) in [7, 11) is 1.44. The molecular weight excluding hydrogens is 513 g/mol. The Balaban J connectivity index is 1.54. The summed E-state index contributed by atoms with van der Waals surface area (Å²) in [4.78, 5) is 29.5. The van der Waals surface area contributed by atoms with E-state index in [-0.39, 0.29) is 42.4 Å². The molecule has 1 atom stereocenters. The SMILES string of the molecule is COc1ccc(C(C(=O)NC2CCCCC2)N(Cc2ccc(F)cc2)C(=O)Cn2nnc3ccccc32)cc1O. The van der Waals surface area contributed by atoms with Crippen LogP contribution in [0.25, 0.3) is 11.0 Å². The first-order valence-electron chi connectivity index (χ1n) is 13.4. The highest BCUT2D eigenvalue weighted by Crippen LogP contribution is 2.33. The van der Waals surface area contributed by atoms with Gasteiger partial charge in [0.15, 0.2) is 11.5 Å². The van der Waals surface area contributed by atoms with Crippen LogP contribution in [0.2, 0.25) is 0 Å². The zero-order valence-corrected chi connectivity index (χ0v) is 22.3. The zero-order valence-electron chi connectivity index (χ0n) is 22.3. The summed E-state index contributed by atoms with van der Waals surface area (Å²) < 4.78 is 20.4. The Bertz CT molecular complexity index is 1480. The fraction of sp³-hybridized carbons (Fsp3) is 0.333. The van der Waals surface area contributed by atoms with Gasteiger partial charge < -0.3 is 20.1 Å². The number of carbonyl (C=O) groups excluding carboxylic acids is 2. The number of rotatable bonds is 9. The van der Waals surface area contributed by atoms with Gasteiger partial charge in [0.05, 0.1) is 12.6 Å². The Morgan fingerprint density at radius 1 is 1.10 bits per heavy atom. The van der Waals surface area contributed by atoms with Gasteiger partial charge in [-0.1, -0.05) is 54.8 Å². The van der Waals surface area contributed by atoms with Crippen LogP contribution in [-0.2, 0) is 22.7 Å². The summed E-state index contributed by atoms with van der Waals surface area (Å²) in [6.45, 7) is -0.141. The predicted octanol–water partition coefficient (Wildman–Crippen LogP) is 4.50. The van der Waals surface area contributed by atoms with Crippen molar-refractivity contribution in [2.75, 3.05) is 7.11 Å². The van der Waals surface area contributed by atoms with Gasteiger partial charge in [-0.2, -0.15) is 0 Å². The lowest BCUT2D eigenvalue weighted by Crippen LogP contribution is -2.47. The lowest BCUT2D eigenvalue weighted by molar-refractivity contribution is -0.142. The summed E-state index contributed by atoms with van der Waals surface area (Å²) in [5.74, 6) is -1.04. The molecule has 4 aromatic rings. The lowest BCUT2D eigenvalue weighted by atomic mass is 9.94. The number of aromatic hydroxyl groups is 1. The predicted molar refractivity (Wildman–Crippen MR) is 147 cm³/mol. The van der Waals surface area contributed by atoms with Gasteiger partial charge in [-0.3, -0.25) is 9.59 Å². The van der Waals surface area contributed by atoms with Crippen molar-refractivity contribution < 1.29 is 23.8 Å². The average Bonchev–Trinajstić information content (AvgIpc) is 3.37. The number of fused-ring (bicyclic) bond motifs is 1. The third kappa shape index (κ3) is 6.06. The highest BCUT2D eigenvalue weighted by atomic mass is 19.1. The van der Waals surface area contributed by atoms with E-state index in [0.717, 1.165) is 32.1 Å².